The first kappa shape index (κ1) is 16.5. The van der Waals surface area contributed by atoms with Crippen molar-refractivity contribution < 1.29 is 4.79 Å². The first-order valence-corrected chi connectivity index (χ1v) is 7.63. The molecular weight excluding hydrogens is 284 g/mol. The highest BCUT2D eigenvalue weighted by Crippen LogP contribution is 2.23. The summed E-state index contributed by atoms with van der Waals surface area (Å²) in [4.78, 5) is 43.4. The van der Waals surface area contributed by atoms with Crippen molar-refractivity contribution in [1.29, 1.82) is 0 Å². The molecule has 0 aliphatic carbocycles. The molecule has 2 heterocycles. The Morgan fingerprint density at radius 1 is 1.36 bits per heavy atom. The standard InChI is InChI=1S/C15H24N4O3/c1-10(18(2)3)11-4-6-19(7-5-11)13(20)8-12-9-16-15(22)17-14(12)21/h9-11H,4-8H2,1-3H3,(H2,16,17,21,22)/t10-/m1/s1. The normalized spacial score (nSPS) is 17.7. The summed E-state index contributed by atoms with van der Waals surface area (Å²) in [6.45, 7) is 3.66. The van der Waals surface area contributed by atoms with E-state index >= 15 is 0 Å². The fraction of sp³-hybridized carbons (Fsp3) is 0.667. The molecule has 1 saturated heterocycles. The van der Waals surface area contributed by atoms with Crippen molar-refractivity contribution in [3.8, 4) is 0 Å². The summed E-state index contributed by atoms with van der Waals surface area (Å²) >= 11 is 0. The Hall–Kier alpha value is -1.89. The fourth-order valence-electron chi connectivity index (χ4n) is 2.90. The van der Waals surface area contributed by atoms with E-state index in [0.717, 1.165) is 25.9 Å². The van der Waals surface area contributed by atoms with Crippen molar-refractivity contribution in [2.24, 2.45) is 5.92 Å². The fourth-order valence-corrected chi connectivity index (χ4v) is 2.90. The number of carbonyl (C=O) groups is 1. The molecule has 0 saturated carbocycles. The van der Waals surface area contributed by atoms with E-state index < -0.39 is 11.2 Å². The highest BCUT2D eigenvalue weighted by Gasteiger charge is 2.27. The summed E-state index contributed by atoms with van der Waals surface area (Å²) < 4.78 is 0. The molecule has 1 amide bonds. The predicted octanol–water partition coefficient (Wildman–Crippen LogP) is -0.206. The van der Waals surface area contributed by atoms with Crippen molar-refractivity contribution in [3.05, 3.63) is 32.6 Å². The van der Waals surface area contributed by atoms with Crippen molar-refractivity contribution >= 4 is 5.91 Å². The lowest BCUT2D eigenvalue weighted by Gasteiger charge is -2.37. The van der Waals surface area contributed by atoms with Crippen molar-refractivity contribution in [2.45, 2.75) is 32.2 Å². The van der Waals surface area contributed by atoms with Gasteiger partial charge >= 0.3 is 5.69 Å². The van der Waals surface area contributed by atoms with E-state index in [1.807, 2.05) is 4.90 Å². The van der Waals surface area contributed by atoms with Crippen LogP contribution in [-0.4, -0.2) is 58.9 Å². The lowest BCUT2D eigenvalue weighted by Crippen LogP contribution is -2.44. The van der Waals surface area contributed by atoms with E-state index in [-0.39, 0.29) is 12.3 Å². The first-order chi connectivity index (χ1) is 10.4. The van der Waals surface area contributed by atoms with E-state index in [0.29, 0.717) is 17.5 Å². The second-order valence-corrected chi connectivity index (χ2v) is 6.20. The van der Waals surface area contributed by atoms with Gasteiger partial charge in [-0.3, -0.25) is 14.6 Å². The molecule has 22 heavy (non-hydrogen) atoms. The molecule has 0 radical (unpaired) electrons. The number of H-pyrrole nitrogens is 2. The number of nitrogens with one attached hydrogen (secondary N) is 2. The third-order valence-corrected chi connectivity index (χ3v) is 4.63. The van der Waals surface area contributed by atoms with Crippen molar-refractivity contribution in [1.82, 2.24) is 19.8 Å². The summed E-state index contributed by atoms with van der Waals surface area (Å²) in [6.07, 6.45) is 3.31. The molecule has 1 aliphatic rings. The molecule has 0 spiro atoms. The molecule has 1 aromatic heterocycles. The molecule has 2 N–H and O–H groups in total. The second kappa shape index (κ2) is 6.91. The van der Waals surface area contributed by atoms with Crippen LogP contribution < -0.4 is 11.2 Å². The van der Waals surface area contributed by atoms with E-state index in [9.17, 15) is 14.4 Å². The number of hydrogen-bond acceptors (Lipinski definition) is 4. The lowest BCUT2D eigenvalue weighted by atomic mass is 9.89. The molecule has 0 aromatic carbocycles. The molecule has 0 unspecified atom stereocenters. The Labute approximate surface area is 129 Å². The molecular formula is C15H24N4O3. The topological polar surface area (TPSA) is 89.3 Å². The minimum absolute atomic E-state index is 0.0278. The lowest BCUT2D eigenvalue weighted by molar-refractivity contribution is -0.132. The predicted molar refractivity (Wildman–Crippen MR) is 83.8 cm³/mol. The Balaban J connectivity index is 1.92. The van der Waals surface area contributed by atoms with Crippen LogP contribution in [0.3, 0.4) is 0 Å². The highest BCUT2D eigenvalue weighted by atomic mass is 16.2. The van der Waals surface area contributed by atoms with Gasteiger partial charge < -0.3 is 14.8 Å². The minimum atomic E-state index is -0.556. The summed E-state index contributed by atoms with van der Waals surface area (Å²) in [5, 5.41) is 0. The monoisotopic (exact) mass is 308 g/mol. The maximum atomic E-state index is 12.3. The number of rotatable bonds is 4. The molecule has 2 rings (SSSR count). The van der Waals surface area contributed by atoms with Crippen molar-refractivity contribution in [3.63, 3.8) is 0 Å². The molecule has 122 valence electrons. The van der Waals surface area contributed by atoms with Gasteiger partial charge in [0.2, 0.25) is 5.91 Å². The maximum absolute atomic E-state index is 12.3. The largest absolute Gasteiger partial charge is 0.342 e. The summed E-state index contributed by atoms with van der Waals surface area (Å²) in [5.41, 5.74) is -0.749. The number of aromatic nitrogens is 2. The van der Waals surface area contributed by atoms with Crippen LogP contribution in [0.1, 0.15) is 25.3 Å². The Morgan fingerprint density at radius 2 is 2.00 bits per heavy atom. The van der Waals surface area contributed by atoms with Crippen LogP contribution in [0.25, 0.3) is 0 Å². The number of aromatic amines is 2. The quantitative estimate of drug-likeness (QED) is 0.806. The highest BCUT2D eigenvalue weighted by molar-refractivity contribution is 5.78. The average molecular weight is 308 g/mol. The van der Waals surface area contributed by atoms with Gasteiger partial charge in [0.05, 0.1) is 6.42 Å². The van der Waals surface area contributed by atoms with Crippen LogP contribution in [0.15, 0.2) is 15.8 Å². The zero-order chi connectivity index (χ0) is 16.3. The van der Waals surface area contributed by atoms with Gasteiger partial charge in [-0.2, -0.15) is 0 Å². The third kappa shape index (κ3) is 3.85. The van der Waals surface area contributed by atoms with Gasteiger partial charge in [0.25, 0.3) is 5.56 Å². The van der Waals surface area contributed by atoms with Crippen LogP contribution in [0, 0.1) is 5.92 Å². The summed E-state index contributed by atoms with van der Waals surface area (Å²) in [7, 11) is 4.15. The SMILES string of the molecule is C[C@H](C1CCN(C(=O)Cc2c[nH]c(=O)[nH]c2=O)CC1)N(C)C. The average Bonchev–Trinajstić information content (AvgIpc) is 2.49. The van der Waals surface area contributed by atoms with Crippen LogP contribution in [0.4, 0.5) is 0 Å². The first-order valence-electron chi connectivity index (χ1n) is 7.63. The summed E-state index contributed by atoms with van der Waals surface area (Å²) in [5.74, 6) is 0.532. The molecule has 1 atom stereocenters. The Kier molecular flexibility index (Phi) is 5.18. The Morgan fingerprint density at radius 3 is 2.55 bits per heavy atom. The molecule has 1 aromatic rings. The van der Waals surface area contributed by atoms with E-state index in [4.69, 9.17) is 0 Å². The number of likely N-dealkylation sites (tertiary alicyclic amines) is 1. The second-order valence-electron chi connectivity index (χ2n) is 6.20. The van der Waals surface area contributed by atoms with Crippen LogP contribution in [-0.2, 0) is 11.2 Å². The zero-order valence-electron chi connectivity index (χ0n) is 13.4. The third-order valence-electron chi connectivity index (χ3n) is 4.63. The van der Waals surface area contributed by atoms with E-state index in [1.54, 1.807) is 0 Å². The van der Waals surface area contributed by atoms with E-state index in [1.165, 1.54) is 6.20 Å². The number of nitrogens with zero attached hydrogens (tertiary/aromatic N) is 2. The number of amides is 1. The molecule has 1 fully saturated rings. The molecule has 1 aliphatic heterocycles. The molecule has 7 nitrogen and oxygen atoms in total. The van der Waals surface area contributed by atoms with Gasteiger partial charge in [0, 0.05) is 30.9 Å². The van der Waals surface area contributed by atoms with Gasteiger partial charge in [0.1, 0.15) is 0 Å². The molecule has 0 bridgehead atoms. The van der Waals surface area contributed by atoms with Gasteiger partial charge in [0.15, 0.2) is 0 Å². The zero-order valence-corrected chi connectivity index (χ0v) is 13.4. The number of hydrogen-bond donors (Lipinski definition) is 2. The van der Waals surface area contributed by atoms with Gasteiger partial charge in [-0.25, -0.2) is 4.79 Å². The van der Waals surface area contributed by atoms with Gasteiger partial charge in [-0.05, 0) is 39.8 Å². The van der Waals surface area contributed by atoms with E-state index in [2.05, 4.69) is 35.9 Å². The van der Waals surface area contributed by atoms with Crippen LogP contribution >= 0.6 is 0 Å². The maximum Gasteiger partial charge on any atom is 0.325 e. The Bertz CT molecular complexity index is 626. The number of carbonyl (C=O) groups excluding carboxylic acids is 1. The van der Waals surface area contributed by atoms with Crippen molar-refractivity contribution in [2.75, 3.05) is 27.2 Å². The number of piperidine rings is 1. The molecule has 7 heteroatoms. The van der Waals surface area contributed by atoms with Crippen LogP contribution in [0.5, 0.6) is 0 Å². The van der Waals surface area contributed by atoms with Gasteiger partial charge in [-0.1, -0.05) is 0 Å². The van der Waals surface area contributed by atoms with Gasteiger partial charge in [-0.15, -0.1) is 0 Å². The smallest absolute Gasteiger partial charge is 0.325 e. The van der Waals surface area contributed by atoms with Crippen LogP contribution in [0.2, 0.25) is 0 Å². The summed E-state index contributed by atoms with van der Waals surface area (Å²) in [6, 6.07) is 0.499. The minimum Gasteiger partial charge on any atom is -0.342 e.